The Morgan fingerprint density at radius 1 is 1.14 bits per heavy atom. The molecule has 0 radical (unpaired) electrons. The number of carboxylic acids is 1. The van der Waals surface area contributed by atoms with Gasteiger partial charge in [0.1, 0.15) is 0 Å². The molecule has 3 rings (SSSR count). The zero-order chi connectivity index (χ0) is 14.8. The summed E-state index contributed by atoms with van der Waals surface area (Å²) in [5.41, 5.74) is 4.41. The number of aryl methyl sites for hydroxylation is 2. The van der Waals surface area contributed by atoms with Crippen LogP contribution in [-0.4, -0.2) is 11.1 Å². The molecule has 0 unspecified atom stereocenters. The van der Waals surface area contributed by atoms with E-state index in [2.05, 4.69) is 34.1 Å². The van der Waals surface area contributed by atoms with E-state index in [0.717, 1.165) is 15.8 Å². The first kappa shape index (κ1) is 14.7. The first-order chi connectivity index (χ1) is 10.1. The normalized spacial score (nSPS) is 13.2. The number of carboxylic acid groups (broad SMARTS) is 1. The van der Waals surface area contributed by atoms with Crippen molar-refractivity contribution in [3.8, 4) is 0 Å². The zero-order valence-corrected chi connectivity index (χ0v) is 13.8. The molecule has 0 aromatic heterocycles. The van der Waals surface area contributed by atoms with E-state index >= 15 is 0 Å². The van der Waals surface area contributed by atoms with E-state index in [0.29, 0.717) is 5.56 Å². The highest BCUT2D eigenvalue weighted by molar-refractivity contribution is 9.10. The summed E-state index contributed by atoms with van der Waals surface area (Å²) in [6.07, 6.45) is 3.68. The maximum absolute atomic E-state index is 10.9. The molecule has 1 aliphatic carbocycles. The molecule has 0 spiro atoms. The third-order valence-corrected chi connectivity index (χ3v) is 5.55. The molecule has 0 fully saturated rings. The maximum atomic E-state index is 10.9. The monoisotopic (exact) mass is 362 g/mol. The van der Waals surface area contributed by atoms with E-state index in [-0.39, 0.29) is 0 Å². The predicted octanol–water partition coefficient (Wildman–Crippen LogP) is 4.93. The molecule has 0 amide bonds. The molecular formula is C17H15BrO2S. The molecular weight excluding hydrogens is 348 g/mol. The number of aromatic carboxylic acids is 1. The fourth-order valence-electron chi connectivity index (χ4n) is 2.60. The number of thioether (sulfide) groups is 1. The molecule has 108 valence electrons. The second kappa shape index (κ2) is 6.24. The second-order valence-corrected chi connectivity index (χ2v) is 7.09. The summed E-state index contributed by atoms with van der Waals surface area (Å²) in [6.45, 7) is 0. The van der Waals surface area contributed by atoms with Crippen LogP contribution in [0.5, 0.6) is 0 Å². The van der Waals surface area contributed by atoms with Crippen LogP contribution in [0.25, 0.3) is 0 Å². The number of benzene rings is 2. The van der Waals surface area contributed by atoms with E-state index in [1.807, 2.05) is 6.07 Å². The van der Waals surface area contributed by atoms with Gasteiger partial charge in [-0.05, 0) is 60.2 Å². The van der Waals surface area contributed by atoms with E-state index in [1.54, 1.807) is 23.9 Å². The molecule has 21 heavy (non-hydrogen) atoms. The lowest BCUT2D eigenvalue weighted by Crippen LogP contribution is -1.96. The third-order valence-electron chi connectivity index (χ3n) is 3.76. The van der Waals surface area contributed by atoms with Gasteiger partial charge in [-0.25, -0.2) is 4.79 Å². The Kier molecular flexibility index (Phi) is 4.36. The quantitative estimate of drug-likeness (QED) is 0.783. The summed E-state index contributed by atoms with van der Waals surface area (Å²) in [7, 11) is 0. The Hall–Kier alpha value is -1.26. The van der Waals surface area contributed by atoms with Crippen molar-refractivity contribution < 1.29 is 9.90 Å². The Balaban J connectivity index is 1.71. The van der Waals surface area contributed by atoms with Crippen molar-refractivity contribution >= 4 is 33.7 Å². The van der Waals surface area contributed by atoms with Crippen LogP contribution in [0, 0.1) is 0 Å². The van der Waals surface area contributed by atoms with Gasteiger partial charge in [0, 0.05) is 15.1 Å². The van der Waals surface area contributed by atoms with Crippen molar-refractivity contribution in [3.05, 3.63) is 63.1 Å². The van der Waals surface area contributed by atoms with Gasteiger partial charge in [-0.3, -0.25) is 0 Å². The highest BCUT2D eigenvalue weighted by Gasteiger charge is 2.11. The smallest absolute Gasteiger partial charge is 0.335 e. The van der Waals surface area contributed by atoms with Gasteiger partial charge in [-0.1, -0.05) is 28.1 Å². The minimum atomic E-state index is -0.895. The van der Waals surface area contributed by atoms with Gasteiger partial charge in [0.05, 0.1) is 5.56 Å². The topological polar surface area (TPSA) is 37.3 Å². The number of fused-ring (bicyclic) bond motifs is 1. The van der Waals surface area contributed by atoms with Gasteiger partial charge in [0.15, 0.2) is 0 Å². The minimum Gasteiger partial charge on any atom is -0.478 e. The predicted molar refractivity (Wildman–Crippen MR) is 89.1 cm³/mol. The average Bonchev–Trinajstić information content (AvgIpc) is 2.93. The van der Waals surface area contributed by atoms with Crippen LogP contribution in [-0.2, 0) is 18.6 Å². The molecule has 0 aliphatic heterocycles. The molecule has 2 aromatic carbocycles. The lowest BCUT2D eigenvalue weighted by Gasteiger charge is -2.07. The van der Waals surface area contributed by atoms with Crippen molar-refractivity contribution in [1.82, 2.24) is 0 Å². The molecule has 2 nitrogen and oxygen atoms in total. The van der Waals surface area contributed by atoms with Crippen LogP contribution >= 0.6 is 27.7 Å². The van der Waals surface area contributed by atoms with Crippen LogP contribution in [0.2, 0.25) is 0 Å². The molecule has 1 aliphatic rings. The van der Waals surface area contributed by atoms with Crippen molar-refractivity contribution in [2.45, 2.75) is 29.9 Å². The van der Waals surface area contributed by atoms with Crippen LogP contribution in [0.15, 0.2) is 45.8 Å². The lowest BCUT2D eigenvalue weighted by atomic mass is 10.1. The second-order valence-electron chi connectivity index (χ2n) is 5.18. The third kappa shape index (κ3) is 3.33. The van der Waals surface area contributed by atoms with Crippen LogP contribution in [0.4, 0.5) is 0 Å². The van der Waals surface area contributed by atoms with Crippen molar-refractivity contribution in [2.24, 2.45) is 0 Å². The molecule has 2 aromatic rings. The van der Waals surface area contributed by atoms with E-state index in [1.165, 1.54) is 35.3 Å². The lowest BCUT2D eigenvalue weighted by molar-refractivity contribution is 0.0697. The molecule has 0 atom stereocenters. The number of rotatable bonds is 4. The number of halogens is 1. The van der Waals surface area contributed by atoms with Crippen molar-refractivity contribution in [2.75, 3.05) is 0 Å². The Bertz CT molecular complexity index is 697. The van der Waals surface area contributed by atoms with Gasteiger partial charge in [-0.2, -0.15) is 0 Å². The SMILES string of the molecule is O=C(O)c1ccc(CSc2ccc3c(c2)CCC3)c(Br)c1. The fourth-order valence-corrected chi connectivity index (χ4v) is 4.26. The van der Waals surface area contributed by atoms with E-state index in [4.69, 9.17) is 5.11 Å². The van der Waals surface area contributed by atoms with E-state index in [9.17, 15) is 4.79 Å². The van der Waals surface area contributed by atoms with E-state index < -0.39 is 5.97 Å². The summed E-state index contributed by atoms with van der Waals surface area (Å²) in [5, 5.41) is 8.97. The molecule has 0 bridgehead atoms. The standard InChI is InChI=1S/C17H15BrO2S/c18-16-9-13(17(19)20)4-5-14(16)10-21-15-7-6-11-2-1-3-12(11)8-15/h4-9H,1-3,10H2,(H,19,20). The zero-order valence-electron chi connectivity index (χ0n) is 11.4. The van der Waals surface area contributed by atoms with Crippen molar-refractivity contribution in [3.63, 3.8) is 0 Å². The van der Waals surface area contributed by atoms with Crippen LogP contribution in [0.3, 0.4) is 0 Å². The Morgan fingerprint density at radius 2 is 1.95 bits per heavy atom. The fraction of sp³-hybridized carbons (Fsp3) is 0.235. The Labute approximate surface area is 136 Å². The summed E-state index contributed by atoms with van der Waals surface area (Å²) < 4.78 is 0.857. The van der Waals surface area contributed by atoms with Gasteiger partial charge >= 0.3 is 5.97 Å². The summed E-state index contributed by atoms with van der Waals surface area (Å²) in [5.74, 6) is -0.0623. The molecule has 0 saturated heterocycles. The van der Waals surface area contributed by atoms with Gasteiger partial charge in [0.25, 0.3) is 0 Å². The highest BCUT2D eigenvalue weighted by atomic mass is 79.9. The van der Waals surface area contributed by atoms with Crippen LogP contribution < -0.4 is 0 Å². The highest BCUT2D eigenvalue weighted by Crippen LogP contribution is 2.31. The number of hydrogen-bond acceptors (Lipinski definition) is 2. The molecule has 0 saturated carbocycles. The maximum Gasteiger partial charge on any atom is 0.335 e. The molecule has 0 heterocycles. The number of carbonyl (C=O) groups is 1. The van der Waals surface area contributed by atoms with Crippen molar-refractivity contribution in [1.29, 1.82) is 0 Å². The largest absolute Gasteiger partial charge is 0.478 e. The summed E-state index contributed by atoms with van der Waals surface area (Å²) in [4.78, 5) is 12.2. The molecule has 1 N–H and O–H groups in total. The van der Waals surface area contributed by atoms with Gasteiger partial charge < -0.3 is 5.11 Å². The average molecular weight is 363 g/mol. The minimum absolute atomic E-state index is 0.313. The Morgan fingerprint density at radius 3 is 2.71 bits per heavy atom. The number of hydrogen-bond donors (Lipinski definition) is 1. The van der Waals surface area contributed by atoms with Gasteiger partial charge in [0.2, 0.25) is 0 Å². The first-order valence-electron chi connectivity index (χ1n) is 6.90. The summed E-state index contributed by atoms with van der Waals surface area (Å²) in [6, 6.07) is 11.9. The first-order valence-corrected chi connectivity index (χ1v) is 8.67. The van der Waals surface area contributed by atoms with Gasteiger partial charge in [-0.15, -0.1) is 11.8 Å². The molecule has 4 heteroatoms. The van der Waals surface area contributed by atoms with Crippen LogP contribution in [0.1, 0.15) is 33.5 Å². The summed E-state index contributed by atoms with van der Waals surface area (Å²) >= 11 is 5.25.